The molecule has 1 heterocycles. The molecule has 0 aromatic heterocycles. The highest BCUT2D eigenvalue weighted by Gasteiger charge is 2.59. The third kappa shape index (κ3) is 0.524. The molecule has 64 valence electrons. The molecule has 1 saturated heterocycles. The highest BCUT2D eigenvalue weighted by Crippen LogP contribution is 2.52. The van der Waals surface area contributed by atoms with E-state index in [4.69, 9.17) is 5.11 Å². The summed E-state index contributed by atoms with van der Waals surface area (Å²) in [6.45, 7) is -0.100. The van der Waals surface area contributed by atoms with Crippen molar-refractivity contribution in [1.29, 1.82) is 0 Å². The van der Waals surface area contributed by atoms with Gasteiger partial charge in [-0.3, -0.25) is 4.79 Å². The molecule has 1 aliphatic heterocycles. The van der Waals surface area contributed by atoms with Gasteiger partial charge in [0.2, 0.25) is 5.91 Å². The smallest absolute Gasteiger partial charge is 0.230 e. The van der Waals surface area contributed by atoms with Crippen LogP contribution in [0.1, 0.15) is 6.42 Å². The van der Waals surface area contributed by atoms with Crippen molar-refractivity contribution in [2.75, 3.05) is 6.73 Å². The predicted molar refractivity (Wildman–Crippen MR) is 41.9 cm³/mol. The number of fused-ring (bicyclic) bond motifs is 5. The zero-order valence-corrected chi connectivity index (χ0v) is 6.68. The van der Waals surface area contributed by atoms with E-state index in [2.05, 4.69) is 12.2 Å². The summed E-state index contributed by atoms with van der Waals surface area (Å²) in [5.41, 5.74) is 0. The lowest BCUT2D eigenvalue weighted by atomic mass is 9.80. The van der Waals surface area contributed by atoms with Crippen LogP contribution in [0.3, 0.4) is 0 Å². The molecule has 0 spiro atoms. The van der Waals surface area contributed by atoms with Crippen LogP contribution in [0.15, 0.2) is 12.2 Å². The number of hydrogen-bond donors (Lipinski definition) is 1. The number of β-lactam (4-membered cyclic amide) rings is 1. The van der Waals surface area contributed by atoms with Gasteiger partial charge in [0.1, 0.15) is 6.73 Å². The van der Waals surface area contributed by atoms with Crippen LogP contribution in [-0.4, -0.2) is 28.7 Å². The van der Waals surface area contributed by atoms with Crippen molar-refractivity contribution in [3.8, 4) is 0 Å². The maximum absolute atomic E-state index is 11.4. The zero-order valence-electron chi connectivity index (χ0n) is 6.68. The number of nitrogens with zero attached hydrogens (tertiary/aromatic N) is 1. The van der Waals surface area contributed by atoms with Crippen LogP contribution in [-0.2, 0) is 4.79 Å². The Morgan fingerprint density at radius 1 is 1.50 bits per heavy atom. The first-order chi connectivity index (χ1) is 5.83. The molecule has 3 rings (SSSR count). The number of aliphatic hydroxyl groups excluding tert-OH is 1. The molecule has 3 nitrogen and oxygen atoms in total. The summed E-state index contributed by atoms with van der Waals surface area (Å²) in [6.07, 6.45) is 5.48. The van der Waals surface area contributed by atoms with Crippen molar-refractivity contribution in [3.63, 3.8) is 0 Å². The van der Waals surface area contributed by atoms with Gasteiger partial charge in [-0.2, -0.15) is 0 Å². The van der Waals surface area contributed by atoms with Gasteiger partial charge in [0.05, 0.1) is 12.0 Å². The van der Waals surface area contributed by atoms with Crippen molar-refractivity contribution < 1.29 is 9.90 Å². The first-order valence-electron chi connectivity index (χ1n) is 4.42. The Morgan fingerprint density at radius 2 is 2.25 bits per heavy atom. The van der Waals surface area contributed by atoms with Crippen molar-refractivity contribution in [3.05, 3.63) is 12.2 Å². The third-order valence-corrected chi connectivity index (χ3v) is 3.50. The number of hydrogen-bond acceptors (Lipinski definition) is 2. The first-order valence-corrected chi connectivity index (χ1v) is 4.42. The molecule has 2 fully saturated rings. The SMILES string of the molecule is O=C1[C@@H]2[C@@H]([C@H]3C=C[C@@H]2C3)N1CO. The maximum Gasteiger partial charge on any atom is 0.230 e. The Morgan fingerprint density at radius 3 is 3.00 bits per heavy atom. The summed E-state index contributed by atoms with van der Waals surface area (Å²) in [5.74, 6) is 1.38. The van der Waals surface area contributed by atoms with E-state index in [1.807, 2.05) is 0 Å². The van der Waals surface area contributed by atoms with Gasteiger partial charge in [-0.25, -0.2) is 0 Å². The fraction of sp³-hybridized carbons (Fsp3) is 0.667. The minimum absolute atomic E-state index is 0.100. The Bertz CT molecular complexity index is 274. The van der Waals surface area contributed by atoms with Crippen LogP contribution in [0.4, 0.5) is 0 Å². The van der Waals surface area contributed by atoms with E-state index in [1.165, 1.54) is 0 Å². The molecule has 1 N–H and O–H groups in total. The van der Waals surface area contributed by atoms with Gasteiger partial charge in [-0.1, -0.05) is 12.2 Å². The summed E-state index contributed by atoms with van der Waals surface area (Å²) >= 11 is 0. The summed E-state index contributed by atoms with van der Waals surface area (Å²) in [5, 5.41) is 8.91. The van der Waals surface area contributed by atoms with Crippen molar-refractivity contribution >= 4 is 5.91 Å². The number of carbonyl (C=O) groups is 1. The molecule has 3 heteroatoms. The standard InChI is InChI=1S/C9H11NO2/c11-4-10-8-6-2-1-5(3-6)7(8)9(10)12/h1-2,5-8,11H,3-4H2/t5-,6+,7+,8-/m1/s1. The van der Waals surface area contributed by atoms with E-state index < -0.39 is 0 Å². The quantitative estimate of drug-likeness (QED) is 0.438. The molecule has 3 aliphatic rings. The van der Waals surface area contributed by atoms with E-state index in [0.29, 0.717) is 17.9 Å². The Kier molecular flexibility index (Phi) is 1.06. The van der Waals surface area contributed by atoms with Crippen LogP contribution in [0.25, 0.3) is 0 Å². The monoisotopic (exact) mass is 165 g/mol. The second-order valence-corrected chi connectivity index (χ2v) is 3.91. The van der Waals surface area contributed by atoms with E-state index in [0.717, 1.165) is 6.42 Å². The molecule has 1 amide bonds. The average molecular weight is 165 g/mol. The lowest BCUT2D eigenvalue weighted by Crippen LogP contribution is -2.62. The zero-order chi connectivity index (χ0) is 8.29. The van der Waals surface area contributed by atoms with Crippen molar-refractivity contribution in [2.24, 2.45) is 17.8 Å². The highest BCUT2D eigenvalue weighted by atomic mass is 16.3. The number of allylic oxidation sites excluding steroid dienone is 1. The lowest BCUT2D eigenvalue weighted by molar-refractivity contribution is -0.164. The topological polar surface area (TPSA) is 40.5 Å². The molecule has 2 aliphatic carbocycles. The fourth-order valence-electron chi connectivity index (χ4n) is 2.97. The average Bonchev–Trinajstić information content (AvgIpc) is 2.60. The van der Waals surface area contributed by atoms with Gasteiger partial charge in [0.15, 0.2) is 0 Å². The summed E-state index contributed by atoms with van der Waals surface area (Å²) in [6, 6.07) is 0.331. The number of likely N-dealkylation sites (tertiary alicyclic amines) is 1. The molecule has 0 aromatic rings. The minimum atomic E-state index is -0.100. The summed E-state index contributed by atoms with van der Waals surface area (Å²) in [4.78, 5) is 13.0. The molecule has 0 aromatic carbocycles. The lowest BCUT2D eigenvalue weighted by Gasteiger charge is -2.46. The van der Waals surface area contributed by atoms with Crippen molar-refractivity contribution in [1.82, 2.24) is 4.90 Å². The first kappa shape index (κ1) is 6.66. The van der Waals surface area contributed by atoms with E-state index in [1.54, 1.807) is 4.90 Å². The number of carbonyl (C=O) groups excluding carboxylic acids is 1. The predicted octanol–water partition coefficient (Wildman–Crippen LogP) is -0.0309. The van der Waals surface area contributed by atoms with Crippen LogP contribution < -0.4 is 0 Å². The summed E-state index contributed by atoms with van der Waals surface area (Å²) < 4.78 is 0. The largest absolute Gasteiger partial charge is 0.376 e. The van der Waals surface area contributed by atoms with Crippen LogP contribution >= 0.6 is 0 Å². The molecule has 0 radical (unpaired) electrons. The second kappa shape index (κ2) is 1.91. The number of amides is 1. The second-order valence-electron chi connectivity index (χ2n) is 3.91. The highest BCUT2D eigenvalue weighted by molar-refractivity contribution is 5.87. The Hall–Kier alpha value is -0.830. The summed E-state index contributed by atoms with van der Waals surface area (Å²) in [7, 11) is 0. The molecule has 0 unspecified atom stereocenters. The van der Waals surface area contributed by atoms with Crippen LogP contribution in [0, 0.1) is 17.8 Å². The van der Waals surface area contributed by atoms with Crippen molar-refractivity contribution in [2.45, 2.75) is 12.5 Å². The van der Waals surface area contributed by atoms with E-state index in [9.17, 15) is 4.79 Å². The number of aliphatic hydroxyl groups is 1. The molecule has 2 bridgehead atoms. The maximum atomic E-state index is 11.4. The number of rotatable bonds is 1. The molecule has 12 heavy (non-hydrogen) atoms. The van der Waals surface area contributed by atoms with E-state index in [-0.39, 0.29) is 18.6 Å². The van der Waals surface area contributed by atoms with Gasteiger partial charge in [-0.15, -0.1) is 0 Å². The van der Waals surface area contributed by atoms with Gasteiger partial charge < -0.3 is 10.0 Å². The van der Waals surface area contributed by atoms with Gasteiger partial charge >= 0.3 is 0 Å². The van der Waals surface area contributed by atoms with Gasteiger partial charge in [-0.05, 0) is 18.3 Å². The fourth-order valence-corrected chi connectivity index (χ4v) is 2.97. The van der Waals surface area contributed by atoms with Gasteiger partial charge in [0.25, 0.3) is 0 Å². The van der Waals surface area contributed by atoms with E-state index >= 15 is 0 Å². The molecular formula is C9H11NO2. The van der Waals surface area contributed by atoms with Crippen LogP contribution in [0.5, 0.6) is 0 Å². The Balaban J connectivity index is 1.94. The molecule has 1 saturated carbocycles. The Labute approximate surface area is 70.7 Å². The minimum Gasteiger partial charge on any atom is -0.376 e. The molecule has 4 atom stereocenters. The van der Waals surface area contributed by atoms with Crippen LogP contribution in [0.2, 0.25) is 0 Å². The molecular weight excluding hydrogens is 154 g/mol. The third-order valence-electron chi connectivity index (χ3n) is 3.50. The van der Waals surface area contributed by atoms with Gasteiger partial charge in [0, 0.05) is 0 Å². The normalized spacial score (nSPS) is 48.1.